The van der Waals surface area contributed by atoms with Gasteiger partial charge in [-0.3, -0.25) is 9.78 Å². The van der Waals surface area contributed by atoms with Crippen LogP contribution in [0.1, 0.15) is 18.9 Å². The molecule has 2 N–H and O–H groups in total. The molecule has 1 amide bonds. The Balaban J connectivity index is 0.00000196. The van der Waals surface area contributed by atoms with E-state index >= 15 is 0 Å². The maximum atomic E-state index is 13.4. The molecule has 1 atom stereocenters. The van der Waals surface area contributed by atoms with Crippen LogP contribution in [0.25, 0.3) is 10.8 Å². The summed E-state index contributed by atoms with van der Waals surface area (Å²) in [6.07, 6.45) is 3.93. The monoisotopic (exact) mass is 448 g/mol. The van der Waals surface area contributed by atoms with E-state index in [0.29, 0.717) is 36.3 Å². The van der Waals surface area contributed by atoms with E-state index in [0.717, 1.165) is 10.9 Å². The maximum Gasteiger partial charge on any atom is 0.244 e. The Bertz CT molecular complexity index is 934. The zero-order valence-corrected chi connectivity index (χ0v) is 18.3. The number of hydrogen-bond acceptors (Lipinski definition) is 5. The molecule has 1 aliphatic rings. The van der Waals surface area contributed by atoms with Gasteiger partial charge in [-0.15, -0.1) is 24.8 Å². The standard InChI is InChI=1S/C18H24N4O3S.2ClH/c1-13-10-20-11-15-5-3-6-16(18(13)15)26(24,25)22-8-4-7-21(12-14(22)2)17(23)9-19;;/h3,5-6,10-11,14H,4,7-9,12,19H2,1-2H3;2*1H/t14-;;/m1../s1. The first kappa shape index (κ1) is 24.6. The molecule has 0 bridgehead atoms. The minimum atomic E-state index is -3.70. The number of aromatic nitrogens is 1. The Morgan fingerprint density at radius 2 is 1.96 bits per heavy atom. The first-order chi connectivity index (χ1) is 12.4. The molecular formula is C18H26Cl2N4O3S. The van der Waals surface area contributed by atoms with Crippen molar-refractivity contribution in [1.29, 1.82) is 0 Å². The van der Waals surface area contributed by atoms with Gasteiger partial charge in [0.05, 0.1) is 11.4 Å². The molecule has 1 saturated heterocycles. The molecule has 7 nitrogen and oxygen atoms in total. The quantitative estimate of drug-likeness (QED) is 0.773. The summed E-state index contributed by atoms with van der Waals surface area (Å²) in [7, 11) is -3.70. The number of aryl methyl sites for hydroxylation is 1. The second-order valence-corrected chi connectivity index (χ2v) is 8.53. The predicted molar refractivity (Wildman–Crippen MR) is 115 cm³/mol. The van der Waals surface area contributed by atoms with Crippen molar-refractivity contribution >= 4 is 51.5 Å². The fourth-order valence-corrected chi connectivity index (χ4v) is 5.51. The van der Waals surface area contributed by atoms with Crippen LogP contribution in [0.3, 0.4) is 0 Å². The van der Waals surface area contributed by atoms with Gasteiger partial charge in [-0.2, -0.15) is 4.31 Å². The lowest BCUT2D eigenvalue weighted by Gasteiger charge is -2.28. The summed E-state index contributed by atoms with van der Waals surface area (Å²) < 4.78 is 28.4. The van der Waals surface area contributed by atoms with Crippen molar-refractivity contribution in [3.05, 3.63) is 36.2 Å². The summed E-state index contributed by atoms with van der Waals surface area (Å²) >= 11 is 0. The lowest BCUT2D eigenvalue weighted by molar-refractivity contribution is -0.129. The molecule has 28 heavy (non-hydrogen) atoms. The Labute approximate surface area is 178 Å². The molecule has 156 valence electrons. The van der Waals surface area contributed by atoms with E-state index in [9.17, 15) is 13.2 Å². The highest BCUT2D eigenvalue weighted by Crippen LogP contribution is 2.29. The number of sulfonamides is 1. The first-order valence-corrected chi connectivity index (χ1v) is 10.1. The Morgan fingerprint density at radius 3 is 2.64 bits per heavy atom. The molecule has 1 fully saturated rings. The van der Waals surface area contributed by atoms with Crippen molar-refractivity contribution in [1.82, 2.24) is 14.2 Å². The molecule has 2 heterocycles. The highest BCUT2D eigenvalue weighted by molar-refractivity contribution is 7.89. The van der Waals surface area contributed by atoms with Crippen LogP contribution in [-0.2, 0) is 14.8 Å². The highest BCUT2D eigenvalue weighted by Gasteiger charge is 2.34. The SMILES string of the molecule is Cc1cncc2cccc(S(=O)(=O)N3CCCN(C(=O)CN)C[C@H]3C)c12.Cl.Cl. The number of benzene rings is 1. The van der Waals surface area contributed by atoms with E-state index in [4.69, 9.17) is 5.73 Å². The normalized spacial score (nSPS) is 18.1. The largest absolute Gasteiger partial charge is 0.340 e. The van der Waals surface area contributed by atoms with Gasteiger partial charge in [0.25, 0.3) is 0 Å². The summed E-state index contributed by atoms with van der Waals surface area (Å²) in [5.41, 5.74) is 6.28. The second-order valence-electron chi connectivity index (χ2n) is 6.67. The third-order valence-corrected chi connectivity index (χ3v) is 6.89. The topological polar surface area (TPSA) is 96.6 Å². The third-order valence-electron chi connectivity index (χ3n) is 4.83. The van der Waals surface area contributed by atoms with Crippen molar-refractivity contribution in [3.8, 4) is 0 Å². The van der Waals surface area contributed by atoms with Crippen LogP contribution in [0.5, 0.6) is 0 Å². The van der Waals surface area contributed by atoms with Crippen LogP contribution in [-0.4, -0.2) is 60.7 Å². The van der Waals surface area contributed by atoms with Crippen molar-refractivity contribution < 1.29 is 13.2 Å². The average Bonchev–Trinajstić information content (AvgIpc) is 2.83. The number of nitrogens with zero attached hydrogens (tertiary/aromatic N) is 3. The van der Waals surface area contributed by atoms with Gasteiger partial charge >= 0.3 is 0 Å². The van der Waals surface area contributed by atoms with Gasteiger partial charge in [0.2, 0.25) is 15.9 Å². The van der Waals surface area contributed by atoms with Gasteiger partial charge in [0.15, 0.2) is 0 Å². The minimum absolute atomic E-state index is 0. The molecule has 10 heteroatoms. The van der Waals surface area contributed by atoms with Gasteiger partial charge in [-0.25, -0.2) is 8.42 Å². The van der Waals surface area contributed by atoms with E-state index in [1.54, 1.807) is 29.4 Å². The van der Waals surface area contributed by atoms with Crippen LogP contribution in [0.2, 0.25) is 0 Å². The van der Waals surface area contributed by atoms with Gasteiger partial charge in [0.1, 0.15) is 0 Å². The van der Waals surface area contributed by atoms with E-state index in [-0.39, 0.29) is 43.3 Å². The Hall–Kier alpha value is -1.45. The highest BCUT2D eigenvalue weighted by atomic mass is 35.5. The zero-order chi connectivity index (χ0) is 18.9. The van der Waals surface area contributed by atoms with E-state index in [1.807, 2.05) is 19.9 Å². The van der Waals surface area contributed by atoms with Crippen LogP contribution < -0.4 is 5.73 Å². The molecular weight excluding hydrogens is 423 g/mol. The van der Waals surface area contributed by atoms with E-state index in [2.05, 4.69) is 4.98 Å². The zero-order valence-electron chi connectivity index (χ0n) is 15.9. The fraction of sp³-hybridized carbons (Fsp3) is 0.444. The van der Waals surface area contributed by atoms with Crippen molar-refractivity contribution in [2.75, 3.05) is 26.2 Å². The summed E-state index contributed by atoms with van der Waals surface area (Å²) in [6, 6.07) is 4.92. The molecule has 1 aliphatic heterocycles. The van der Waals surface area contributed by atoms with Crippen LogP contribution >= 0.6 is 24.8 Å². The third kappa shape index (κ3) is 4.58. The van der Waals surface area contributed by atoms with Crippen molar-refractivity contribution in [2.24, 2.45) is 5.73 Å². The number of pyridine rings is 1. The fourth-order valence-electron chi connectivity index (χ4n) is 3.56. The Morgan fingerprint density at radius 1 is 1.25 bits per heavy atom. The Kier molecular flexibility index (Phi) is 8.64. The minimum Gasteiger partial charge on any atom is -0.340 e. The number of nitrogens with two attached hydrogens (primary N) is 1. The summed E-state index contributed by atoms with van der Waals surface area (Å²) in [5.74, 6) is -0.150. The number of carbonyl (C=O) groups excluding carboxylic acids is 1. The van der Waals surface area contributed by atoms with Crippen LogP contribution in [0, 0.1) is 6.92 Å². The molecule has 0 spiro atoms. The van der Waals surface area contributed by atoms with Crippen LogP contribution in [0.4, 0.5) is 0 Å². The number of halogens is 2. The molecule has 0 unspecified atom stereocenters. The maximum absolute atomic E-state index is 13.4. The van der Waals surface area contributed by atoms with Gasteiger partial charge in [-0.05, 0) is 31.9 Å². The number of hydrogen-bond donors (Lipinski definition) is 1. The van der Waals surface area contributed by atoms with Crippen LogP contribution in [0.15, 0.2) is 35.5 Å². The molecule has 1 aromatic carbocycles. The second kappa shape index (κ2) is 9.84. The molecule has 1 aromatic heterocycles. The number of fused-ring (bicyclic) bond motifs is 1. The molecule has 0 aliphatic carbocycles. The molecule has 0 radical (unpaired) electrons. The van der Waals surface area contributed by atoms with Gasteiger partial charge in [0, 0.05) is 48.8 Å². The smallest absolute Gasteiger partial charge is 0.244 e. The number of amides is 1. The van der Waals surface area contributed by atoms with E-state index in [1.165, 1.54) is 4.31 Å². The van der Waals surface area contributed by atoms with E-state index < -0.39 is 10.0 Å². The lowest BCUT2D eigenvalue weighted by Crippen LogP contribution is -2.45. The van der Waals surface area contributed by atoms with Crippen molar-refractivity contribution in [3.63, 3.8) is 0 Å². The molecule has 3 rings (SSSR count). The predicted octanol–water partition coefficient (Wildman–Crippen LogP) is 1.96. The number of rotatable bonds is 3. The van der Waals surface area contributed by atoms with Gasteiger partial charge < -0.3 is 10.6 Å². The average molecular weight is 449 g/mol. The van der Waals surface area contributed by atoms with Gasteiger partial charge in [-0.1, -0.05) is 12.1 Å². The lowest BCUT2D eigenvalue weighted by atomic mass is 10.1. The summed E-state index contributed by atoms with van der Waals surface area (Å²) in [6.45, 7) is 4.87. The first-order valence-electron chi connectivity index (χ1n) is 8.69. The summed E-state index contributed by atoms with van der Waals surface area (Å²) in [4.78, 5) is 18.0. The molecule has 0 saturated carbocycles. The van der Waals surface area contributed by atoms with Crippen molar-refractivity contribution in [2.45, 2.75) is 31.2 Å². The number of carbonyl (C=O) groups is 1. The molecule has 2 aromatic rings. The summed E-state index contributed by atoms with van der Waals surface area (Å²) in [5, 5.41) is 1.50.